The van der Waals surface area contributed by atoms with Crippen molar-refractivity contribution >= 4 is 0 Å². The first-order valence-electron chi connectivity index (χ1n) is 5.42. The standard InChI is InChI=1S/C13H17NO2/c1-11(2)15-9-10-16-13-5-3-12(4-6-13)7-8-14/h3-6,11H,7,9-10H2,1-2H3. The maximum atomic E-state index is 8.52. The summed E-state index contributed by atoms with van der Waals surface area (Å²) in [6.07, 6.45) is 0.679. The average molecular weight is 219 g/mol. The molecule has 0 fully saturated rings. The molecule has 3 nitrogen and oxygen atoms in total. The average Bonchev–Trinajstić information content (AvgIpc) is 2.27. The highest BCUT2D eigenvalue weighted by atomic mass is 16.5. The highest BCUT2D eigenvalue weighted by Crippen LogP contribution is 2.12. The zero-order valence-corrected chi connectivity index (χ0v) is 9.77. The largest absolute Gasteiger partial charge is 0.491 e. The predicted octanol–water partition coefficient (Wildman–Crippen LogP) is 2.56. The summed E-state index contributed by atoms with van der Waals surface area (Å²) in [5.74, 6) is 0.814. The second kappa shape index (κ2) is 6.86. The molecule has 0 unspecified atom stereocenters. The molecule has 3 heteroatoms. The lowest BCUT2D eigenvalue weighted by atomic mass is 10.2. The molecule has 0 saturated heterocycles. The van der Waals surface area contributed by atoms with Gasteiger partial charge in [-0.2, -0.15) is 5.26 Å². The number of ether oxygens (including phenoxy) is 2. The second-order valence-corrected chi connectivity index (χ2v) is 3.75. The van der Waals surface area contributed by atoms with Crippen LogP contribution in [0.15, 0.2) is 24.3 Å². The Balaban J connectivity index is 2.30. The molecule has 0 atom stereocenters. The first-order chi connectivity index (χ1) is 7.72. The van der Waals surface area contributed by atoms with Crippen molar-refractivity contribution in [3.05, 3.63) is 29.8 Å². The van der Waals surface area contributed by atoms with E-state index in [0.29, 0.717) is 19.6 Å². The summed E-state index contributed by atoms with van der Waals surface area (Å²) in [6.45, 7) is 5.14. The minimum atomic E-state index is 0.238. The number of nitriles is 1. The first kappa shape index (κ1) is 12.5. The van der Waals surface area contributed by atoms with E-state index >= 15 is 0 Å². The zero-order valence-electron chi connectivity index (χ0n) is 9.77. The molecular weight excluding hydrogens is 202 g/mol. The molecule has 1 aromatic rings. The summed E-state index contributed by atoms with van der Waals surface area (Å²) in [5.41, 5.74) is 1.01. The second-order valence-electron chi connectivity index (χ2n) is 3.75. The maximum Gasteiger partial charge on any atom is 0.119 e. The monoisotopic (exact) mass is 219 g/mol. The predicted molar refractivity (Wildman–Crippen MR) is 62.3 cm³/mol. The normalized spacial score (nSPS) is 10.1. The Morgan fingerprint density at radius 1 is 1.19 bits per heavy atom. The highest BCUT2D eigenvalue weighted by molar-refractivity contribution is 5.28. The molecular formula is C13H17NO2. The Morgan fingerprint density at radius 2 is 1.88 bits per heavy atom. The summed E-state index contributed by atoms with van der Waals surface area (Å²) in [4.78, 5) is 0. The highest BCUT2D eigenvalue weighted by Gasteiger charge is 1.96. The van der Waals surface area contributed by atoms with Gasteiger partial charge in [-0.3, -0.25) is 0 Å². The molecule has 0 amide bonds. The van der Waals surface area contributed by atoms with Gasteiger partial charge >= 0.3 is 0 Å². The van der Waals surface area contributed by atoms with Crippen molar-refractivity contribution in [2.75, 3.05) is 13.2 Å². The molecule has 0 saturated carbocycles. The lowest BCUT2D eigenvalue weighted by molar-refractivity contribution is 0.0552. The van der Waals surface area contributed by atoms with E-state index in [1.165, 1.54) is 0 Å². The summed E-state index contributed by atoms with van der Waals surface area (Å²) >= 11 is 0. The van der Waals surface area contributed by atoms with Crippen molar-refractivity contribution in [2.45, 2.75) is 26.4 Å². The van der Waals surface area contributed by atoms with E-state index in [4.69, 9.17) is 14.7 Å². The van der Waals surface area contributed by atoms with E-state index in [9.17, 15) is 0 Å². The SMILES string of the molecule is CC(C)OCCOc1ccc(CC#N)cc1. The molecule has 1 rings (SSSR count). The molecule has 0 bridgehead atoms. The van der Waals surface area contributed by atoms with Crippen LogP contribution < -0.4 is 4.74 Å². The molecule has 0 aliphatic carbocycles. The van der Waals surface area contributed by atoms with Gasteiger partial charge in [0.1, 0.15) is 12.4 Å². The van der Waals surface area contributed by atoms with E-state index in [2.05, 4.69) is 6.07 Å². The van der Waals surface area contributed by atoms with Gasteiger partial charge in [0.15, 0.2) is 0 Å². The third-order valence-electron chi connectivity index (χ3n) is 2.01. The minimum absolute atomic E-state index is 0.238. The molecule has 0 aliphatic rings. The van der Waals surface area contributed by atoms with Crippen LogP contribution in [0.5, 0.6) is 5.75 Å². The molecule has 86 valence electrons. The van der Waals surface area contributed by atoms with Gasteiger partial charge in [-0.05, 0) is 31.5 Å². The van der Waals surface area contributed by atoms with Crippen molar-refractivity contribution in [1.29, 1.82) is 5.26 Å². The Morgan fingerprint density at radius 3 is 2.44 bits per heavy atom. The van der Waals surface area contributed by atoms with E-state index in [0.717, 1.165) is 11.3 Å². The van der Waals surface area contributed by atoms with Crippen LogP contribution in [0.3, 0.4) is 0 Å². The Kier molecular flexibility index (Phi) is 5.38. The van der Waals surface area contributed by atoms with Gasteiger partial charge in [-0.15, -0.1) is 0 Å². The zero-order chi connectivity index (χ0) is 11.8. The fraction of sp³-hybridized carbons (Fsp3) is 0.462. The van der Waals surface area contributed by atoms with Crippen LogP contribution in [0.1, 0.15) is 19.4 Å². The Labute approximate surface area is 96.6 Å². The van der Waals surface area contributed by atoms with Crippen LogP contribution in [0, 0.1) is 11.3 Å². The van der Waals surface area contributed by atoms with Gasteiger partial charge in [0.25, 0.3) is 0 Å². The molecule has 0 N–H and O–H groups in total. The Hall–Kier alpha value is -1.53. The molecule has 1 aromatic carbocycles. The van der Waals surface area contributed by atoms with Crippen molar-refractivity contribution < 1.29 is 9.47 Å². The number of nitrogens with zero attached hydrogens (tertiary/aromatic N) is 1. The molecule has 0 spiro atoms. The van der Waals surface area contributed by atoms with Gasteiger partial charge in [-0.1, -0.05) is 12.1 Å². The topological polar surface area (TPSA) is 42.2 Å². The van der Waals surface area contributed by atoms with Gasteiger partial charge in [0.2, 0.25) is 0 Å². The maximum absolute atomic E-state index is 8.52. The lowest BCUT2D eigenvalue weighted by Gasteiger charge is -2.09. The van der Waals surface area contributed by atoms with Crippen LogP contribution in [0.2, 0.25) is 0 Å². The van der Waals surface area contributed by atoms with Crippen LogP contribution in [0.25, 0.3) is 0 Å². The molecule has 0 heterocycles. The molecule has 0 aliphatic heterocycles. The number of benzene rings is 1. The van der Waals surface area contributed by atoms with E-state index in [-0.39, 0.29) is 6.10 Å². The third-order valence-corrected chi connectivity index (χ3v) is 2.01. The van der Waals surface area contributed by atoms with Crippen molar-refractivity contribution in [3.63, 3.8) is 0 Å². The molecule has 0 aromatic heterocycles. The summed E-state index contributed by atoms with van der Waals surface area (Å²) in [5, 5.41) is 8.52. The summed E-state index contributed by atoms with van der Waals surface area (Å²) in [7, 11) is 0. The quantitative estimate of drug-likeness (QED) is 0.690. The number of rotatable bonds is 6. The van der Waals surface area contributed by atoms with Crippen LogP contribution in [-0.2, 0) is 11.2 Å². The van der Waals surface area contributed by atoms with Crippen molar-refractivity contribution in [2.24, 2.45) is 0 Å². The molecule has 16 heavy (non-hydrogen) atoms. The number of hydrogen-bond acceptors (Lipinski definition) is 3. The smallest absolute Gasteiger partial charge is 0.119 e. The van der Waals surface area contributed by atoms with Gasteiger partial charge in [-0.25, -0.2) is 0 Å². The van der Waals surface area contributed by atoms with Crippen molar-refractivity contribution in [1.82, 2.24) is 0 Å². The van der Waals surface area contributed by atoms with E-state index in [1.807, 2.05) is 38.1 Å². The van der Waals surface area contributed by atoms with Crippen molar-refractivity contribution in [3.8, 4) is 11.8 Å². The lowest BCUT2D eigenvalue weighted by Crippen LogP contribution is -2.11. The third kappa shape index (κ3) is 4.81. The summed E-state index contributed by atoms with van der Waals surface area (Å²) in [6, 6.07) is 9.67. The fourth-order valence-corrected chi connectivity index (χ4v) is 1.24. The van der Waals surface area contributed by atoms with Crippen LogP contribution >= 0.6 is 0 Å². The first-order valence-corrected chi connectivity index (χ1v) is 5.42. The van der Waals surface area contributed by atoms with Gasteiger partial charge in [0.05, 0.1) is 25.2 Å². The van der Waals surface area contributed by atoms with Gasteiger partial charge < -0.3 is 9.47 Å². The van der Waals surface area contributed by atoms with Crippen LogP contribution in [-0.4, -0.2) is 19.3 Å². The minimum Gasteiger partial charge on any atom is -0.491 e. The molecule has 0 radical (unpaired) electrons. The Bertz CT molecular complexity index is 338. The van der Waals surface area contributed by atoms with E-state index < -0.39 is 0 Å². The van der Waals surface area contributed by atoms with Crippen LogP contribution in [0.4, 0.5) is 0 Å². The fourth-order valence-electron chi connectivity index (χ4n) is 1.24. The summed E-state index contributed by atoms with van der Waals surface area (Å²) < 4.78 is 10.8. The van der Waals surface area contributed by atoms with Gasteiger partial charge in [0, 0.05) is 0 Å². The number of hydrogen-bond donors (Lipinski definition) is 0. The van der Waals surface area contributed by atoms with E-state index in [1.54, 1.807) is 0 Å².